The lowest BCUT2D eigenvalue weighted by molar-refractivity contribution is 0.455. The van der Waals surface area contributed by atoms with Gasteiger partial charge in [-0.05, 0) is 64.1 Å². The zero-order valence-corrected chi connectivity index (χ0v) is 33.8. The molecule has 0 spiro atoms. The number of halogens is 1. The van der Waals surface area contributed by atoms with E-state index in [2.05, 4.69) is 125 Å². The number of hydrogen-bond acceptors (Lipinski definition) is 5. The zero-order chi connectivity index (χ0) is 39.5. The molecular weight excluding hydrogens is 722 g/mol. The van der Waals surface area contributed by atoms with Gasteiger partial charge in [0.15, 0.2) is 10.7 Å². The molecule has 1 aliphatic rings. The van der Waals surface area contributed by atoms with Gasteiger partial charge in [-0.3, -0.25) is 0 Å². The average molecular weight is 776 g/mol. The third-order valence-electron chi connectivity index (χ3n) is 11.5. The highest BCUT2D eigenvalue weighted by Gasteiger charge is 2.37. The minimum atomic E-state index is -0.955. The van der Waals surface area contributed by atoms with Gasteiger partial charge in [0.05, 0.1) is 5.69 Å². The van der Waals surface area contributed by atoms with Crippen molar-refractivity contribution in [2.45, 2.75) is 95.7 Å². The summed E-state index contributed by atoms with van der Waals surface area (Å²) in [6.45, 7) is 3.15. The molecule has 7 rings (SSSR count). The Morgan fingerprint density at radius 3 is 1.96 bits per heavy atom. The molecule has 0 amide bonds. The van der Waals surface area contributed by atoms with Crippen LogP contribution in [0.1, 0.15) is 116 Å². The van der Waals surface area contributed by atoms with Crippen molar-refractivity contribution in [2.24, 2.45) is 26.9 Å². The van der Waals surface area contributed by atoms with Gasteiger partial charge in [-0.2, -0.15) is 10.2 Å². The minimum absolute atomic E-state index is 0.334. The zero-order valence-electron chi connectivity index (χ0n) is 33.0. The van der Waals surface area contributed by atoms with Crippen molar-refractivity contribution in [2.75, 3.05) is 0 Å². The Hall–Kier alpha value is -5.37. The largest absolute Gasteiger partial charge is 0.325 e. The third kappa shape index (κ3) is 8.96. The molecule has 1 aromatic heterocycles. The van der Waals surface area contributed by atoms with E-state index < -0.39 is 5.54 Å². The predicted octanol–water partition coefficient (Wildman–Crippen LogP) is 11.9. The molecule has 7 nitrogen and oxygen atoms in total. The lowest BCUT2D eigenvalue weighted by atomic mass is 9.77. The van der Waals surface area contributed by atoms with E-state index in [-0.39, 0.29) is 0 Å². The summed E-state index contributed by atoms with van der Waals surface area (Å²) in [4.78, 5) is 4.65. The molecule has 1 saturated carbocycles. The molecule has 4 N–H and O–H groups in total. The monoisotopic (exact) mass is 775 g/mol. The highest BCUT2D eigenvalue weighted by atomic mass is 35.5. The van der Waals surface area contributed by atoms with Gasteiger partial charge in [-0.25, -0.2) is 4.98 Å². The maximum absolute atomic E-state index is 6.51. The van der Waals surface area contributed by atoms with Crippen LogP contribution in [-0.4, -0.2) is 15.4 Å². The molecule has 0 radical (unpaired) electrons. The molecule has 1 heterocycles. The first-order valence-electron chi connectivity index (χ1n) is 20.6. The van der Waals surface area contributed by atoms with E-state index in [0.29, 0.717) is 30.0 Å². The second-order valence-electron chi connectivity index (χ2n) is 15.2. The number of nitrogens with two attached hydrogens (primary N) is 2. The van der Waals surface area contributed by atoms with Crippen molar-refractivity contribution in [3.05, 3.63) is 184 Å². The van der Waals surface area contributed by atoms with E-state index in [1.807, 2.05) is 30.3 Å². The summed E-state index contributed by atoms with van der Waals surface area (Å²) >= 11 is 6.51. The summed E-state index contributed by atoms with van der Waals surface area (Å²) in [5.74, 6) is 8.12. The van der Waals surface area contributed by atoms with Gasteiger partial charge < -0.3 is 16.1 Å². The molecule has 292 valence electrons. The fourth-order valence-electron chi connectivity index (χ4n) is 8.40. The summed E-state index contributed by atoms with van der Waals surface area (Å²) in [6.07, 6.45) is 12.1. The molecule has 8 heteroatoms. The van der Waals surface area contributed by atoms with Gasteiger partial charge in [0.25, 0.3) is 0 Å². The van der Waals surface area contributed by atoms with Gasteiger partial charge in [-0.15, -0.1) is 5.11 Å². The van der Waals surface area contributed by atoms with Crippen LogP contribution in [0.5, 0.6) is 0 Å². The number of hydrazone groups is 1. The Morgan fingerprint density at radius 1 is 0.754 bits per heavy atom. The first-order chi connectivity index (χ1) is 28.0. The first kappa shape index (κ1) is 39.8. The number of unbranched alkanes of at least 4 members (excludes halogenated alkanes) is 1. The maximum atomic E-state index is 6.51. The Labute approximate surface area is 342 Å². The predicted molar refractivity (Wildman–Crippen MR) is 235 cm³/mol. The molecule has 0 saturated heterocycles. The number of nitrogens with zero attached hydrogens (tertiary/aromatic N) is 5. The third-order valence-corrected chi connectivity index (χ3v) is 11.8. The smallest absolute Gasteiger partial charge is 0.200 e. The topological polar surface area (TPSA) is 107 Å². The van der Waals surface area contributed by atoms with E-state index >= 15 is 0 Å². The number of imidazole rings is 1. The van der Waals surface area contributed by atoms with Crippen LogP contribution >= 0.6 is 11.6 Å². The first-order valence-corrected chi connectivity index (χ1v) is 21.0. The van der Waals surface area contributed by atoms with E-state index in [0.717, 1.165) is 69.7 Å². The van der Waals surface area contributed by atoms with E-state index in [1.54, 1.807) is 0 Å². The Kier molecular flexibility index (Phi) is 13.4. The van der Waals surface area contributed by atoms with Crippen molar-refractivity contribution in [3.8, 4) is 11.1 Å². The molecule has 1 aliphatic carbocycles. The molecule has 0 unspecified atom stereocenters. The Bertz CT molecular complexity index is 2200. The fourth-order valence-corrected chi connectivity index (χ4v) is 8.68. The second kappa shape index (κ2) is 19.2. The van der Waals surface area contributed by atoms with Crippen LogP contribution in [0.4, 0.5) is 0 Å². The molecule has 6 aromatic rings. The normalized spacial score (nSPS) is 14.5. The van der Waals surface area contributed by atoms with Crippen molar-refractivity contribution >= 4 is 17.4 Å². The molecule has 1 fully saturated rings. The quantitative estimate of drug-likeness (QED) is 0.0304. The van der Waals surface area contributed by atoms with Crippen LogP contribution in [0, 0.1) is 0 Å². The number of hydrogen-bond donors (Lipinski definition) is 2. The number of aromatic nitrogens is 2. The van der Waals surface area contributed by atoms with Crippen molar-refractivity contribution < 1.29 is 0 Å². The minimum Gasteiger partial charge on any atom is -0.325 e. The van der Waals surface area contributed by atoms with Crippen LogP contribution in [0.3, 0.4) is 0 Å². The molecule has 0 aliphatic heterocycles. The summed E-state index contributed by atoms with van der Waals surface area (Å²) in [5, 5.41) is 15.1. The van der Waals surface area contributed by atoms with Crippen LogP contribution < -0.4 is 11.6 Å². The standard InChI is InChI=1S/C49H54ClN7/c1-2-3-25-46-53-47(50)45(34-51)57(46)35-36-26-28-39(29-27-36)43-23-15-16-24-44(43)48(54-52)55-56-49(40-19-11-7-12-20-40,41-21-13-8-14-22-41)42-32-30-38(31-33-42)37-17-9-5-4-6-10-18-37/h7-8,11-16,19-24,26-33,37H,2-6,9-10,17-18,25,34-35,51-52H2,1H3. The van der Waals surface area contributed by atoms with Crippen LogP contribution in [-0.2, 0) is 25.0 Å². The van der Waals surface area contributed by atoms with Crippen molar-refractivity contribution in [1.82, 2.24) is 9.55 Å². The summed E-state index contributed by atoms with van der Waals surface area (Å²) < 4.78 is 2.16. The van der Waals surface area contributed by atoms with E-state index in [9.17, 15) is 0 Å². The highest BCUT2D eigenvalue weighted by Crippen LogP contribution is 2.42. The molecule has 57 heavy (non-hydrogen) atoms. The lowest BCUT2D eigenvalue weighted by Crippen LogP contribution is -2.27. The average Bonchev–Trinajstić information content (AvgIpc) is 3.55. The molecular formula is C49H54ClN7. The maximum Gasteiger partial charge on any atom is 0.200 e. The number of rotatable bonds is 13. The second-order valence-corrected chi connectivity index (χ2v) is 15.5. The SMILES string of the molecule is CCCCc1nc(Cl)c(CN)n1Cc1ccc(-c2ccccc2C(N=NC(c2ccccc2)(c2ccccc2)c2ccc(C3CCCCCCC3)cc2)=NN)cc1. The van der Waals surface area contributed by atoms with Gasteiger partial charge in [-0.1, -0.05) is 191 Å². The molecule has 5 aromatic carbocycles. The molecule has 0 atom stereocenters. The van der Waals surface area contributed by atoms with Gasteiger partial charge >= 0.3 is 0 Å². The summed E-state index contributed by atoms with van der Waals surface area (Å²) in [6, 6.07) is 46.6. The number of azo groups is 1. The van der Waals surface area contributed by atoms with Gasteiger partial charge in [0.1, 0.15) is 5.82 Å². The van der Waals surface area contributed by atoms with E-state index in [1.165, 1.54) is 50.5 Å². The number of amidine groups is 1. The summed E-state index contributed by atoms with van der Waals surface area (Å²) in [5.41, 5.74) is 14.4. The highest BCUT2D eigenvalue weighted by molar-refractivity contribution is 6.30. The number of aryl methyl sites for hydroxylation is 1. The fraction of sp³-hybridized carbons (Fsp3) is 0.306. The van der Waals surface area contributed by atoms with Crippen molar-refractivity contribution in [3.63, 3.8) is 0 Å². The van der Waals surface area contributed by atoms with Crippen LogP contribution in [0.2, 0.25) is 5.15 Å². The molecule has 0 bridgehead atoms. The van der Waals surface area contributed by atoms with Crippen molar-refractivity contribution in [1.29, 1.82) is 0 Å². The van der Waals surface area contributed by atoms with Gasteiger partial charge in [0, 0.05) is 25.1 Å². The number of benzene rings is 5. The Morgan fingerprint density at radius 2 is 1.35 bits per heavy atom. The van der Waals surface area contributed by atoms with Crippen LogP contribution in [0.25, 0.3) is 11.1 Å². The van der Waals surface area contributed by atoms with E-state index in [4.69, 9.17) is 33.4 Å². The van der Waals surface area contributed by atoms with Crippen LogP contribution in [0.15, 0.2) is 149 Å². The van der Waals surface area contributed by atoms with Gasteiger partial charge in [0.2, 0.25) is 5.84 Å². The Balaban J connectivity index is 1.25. The lowest BCUT2D eigenvalue weighted by Gasteiger charge is -2.31. The summed E-state index contributed by atoms with van der Waals surface area (Å²) in [7, 11) is 0.